The van der Waals surface area contributed by atoms with Crippen LogP contribution >= 0.6 is 0 Å². The van der Waals surface area contributed by atoms with E-state index in [4.69, 9.17) is 18.9 Å². The number of rotatable bonds is 9. The smallest absolute Gasteiger partial charge is 0.338 e. The zero-order chi connectivity index (χ0) is 41.9. The van der Waals surface area contributed by atoms with Gasteiger partial charge in [0.05, 0.1) is 29.8 Å². The summed E-state index contributed by atoms with van der Waals surface area (Å²) in [5.41, 5.74) is -4.95. The molecule has 2 bridgehead atoms. The highest BCUT2D eigenvalue weighted by Crippen LogP contribution is 2.68. The van der Waals surface area contributed by atoms with Crippen molar-refractivity contribution in [3.63, 3.8) is 0 Å². The highest BCUT2D eigenvalue weighted by Gasteiger charge is 2.77. The van der Waals surface area contributed by atoms with Crippen molar-refractivity contribution in [2.24, 2.45) is 22.7 Å². The molecule has 1 amide bonds. The van der Waals surface area contributed by atoms with Crippen LogP contribution in [0.4, 0.5) is 0 Å². The SMILES string of the molecule is CC(=O)O[C@H]1C(=O)[C@@]2(C)[C@H]([C@H](C3BCCC3)[C@]3(O)C[C@H](OC(=O)[C@H](O)[C@@H](NC(=O)c4ccccc4)c4ccccc4)C(C)=C1C3(C)C)[C@]1(OC(C)=O)CO[C@@H]1C[C@@H]2O. The summed E-state index contributed by atoms with van der Waals surface area (Å²) >= 11 is 0. The van der Waals surface area contributed by atoms with Gasteiger partial charge in [-0.1, -0.05) is 87.4 Å². The first kappa shape index (κ1) is 41.8. The van der Waals surface area contributed by atoms with Crippen molar-refractivity contribution in [1.82, 2.24) is 5.32 Å². The molecule has 3 aliphatic carbocycles. The maximum atomic E-state index is 15.5. The molecule has 13 nitrogen and oxygen atoms in total. The third-order valence-electron chi connectivity index (χ3n) is 14.3. The van der Waals surface area contributed by atoms with E-state index in [1.54, 1.807) is 88.4 Å². The minimum Gasteiger partial charge on any atom is -0.456 e. The molecule has 5 aliphatic rings. The molecule has 310 valence electrons. The van der Waals surface area contributed by atoms with Crippen molar-refractivity contribution >= 4 is 36.9 Å². The Bertz CT molecular complexity index is 1980. The number of esters is 3. The fraction of sp³-hybridized carbons (Fsp3) is 0.568. The van der Waals surface area contributed by atoms with Crippen LogP contribution in [0.25, 0.3) is 0 Å². The van der Waals surface area contributed by atoms with Gasteiger partial charge < -0.3 is 39.6 Å². The molecule has 2 aliphatic heterocycles. The summed E-state index contributed by atoms with van der Waals surface area (Å²) in [5, 5.41) is 40.5. The summed E-state index contributed by atoms with van der Waals surface area (Å²) in [6, 6.07) is 15.6. The second-order valence-electron chi connectivity index (χ2n) is 17.7. The number of hydrogen-bond acceptors (Lipinski definition) is 12. The average Bonchev–Trinajstić information content (AvgIpc) is 3.71. The molecule has 4 fully saturated rings. The van der Waals surface area contributed by atoms with Crippen LogP contribution < -0.4 is 5.32 Å². The Kier molecular flexibility index (Phi) is 11.1. The van der Waals surface area contributed by atoms with E-state index >= 15 is 4.79 Å². The van der Waals surface area contributed by atoms with Gasteiger partial charge in [0.15, 0.2) is 23.6 Å². The van der Waals surface area contributed by atoms with Crippen molar-refractivity contribution in [2.45, 2.75) is 127 Å². The maximum Gasteiger partial charge on any atom is 0.338 e. The van der Waals surface area contributed by atoms with Crippen LogP contribution in [0.1, 0.15) is 89.2 Å². The first-order chi connectivity index (χ1) is 27.4. The van der Waals surface area contributed by atoms with Crippen molar-refractivity contribution in [3.8, 4) is 0 Å². The molecule has 0 aromatic heterocycles. The lowest BCUT2D eigenvalue weighted by molar-refractivity contribution is -0.340. The number of nitrogens with one attached hydrogen (secondary N) is 1. The number of carbonyl (C=O) groups excluding carboxylic acids is 5. The van der Waals surface area contributed by atoms with Gasteiger partial charge in [-0.05, 0) is 48.6 Å². The molecule has 14 heteroatoms. The molecule has 2 aromatic rings. The fourth-order valence-corrected chi connectivity index (χ4v) is 11.4. The number of amides is 1. The molecule has 2 saturated carbocycles. The number of aliphatic hydroxyl groups is 3. The lowest BCUT2D eigenvalue weighted by atomic mass is 9.38. The van der Waals surface area contributed by atoms with Crippen LogP contribution in [0.15, 0.2) is 71.8 Å². The highest BCUT2D eigenvalue weighted by atomic mass is 16.6. The van der Waals surface area contributed by atoms with Gasteiger partial charge in [-0.2, -0.15) is 0 Å². The molecule has 7 rings (SSSR count). The molecule has 2 saturated heterocycles. The van der Waals surface area contributed by atoms with Crippen molar-refractivity contribution in [3.05, 3.63) is 82.9 Å². The molecule has 0 radical (unpaired) electrons. The van der Waals surface area contributed by atoms with E-state index in [0.29, 0.717) is 30.4 Å². The van der Waals surface area contributed by atoms with E-state index in [-0.39, 0.29) is 30.8 Å². The zero-order valence-corrected chi connectivity index (χ0v) is 33.9. The van der Waals surface area contributed by atoms with E-state index < -0.39 is 100 Å². The minimum absolute atomic E-state index is 0.0302. The molecule has 0 spiro atoms. The Hall–Kier alpha value is -4.37. The predicted octanol–water partition coefficient (Wildman–Crippen LogP) is 3.56. The van der Waals surface area contributed by atoms with Gasteiger partial charge in [-0.3, -0.25) is 19.2 Å². The second kappa shape index (κ2) is 15.3. The molecule has 1 unspecified atom stereocenters. The van der Waals surface area contributed by atoms with Gasteiger partial charge in [-0.25, -0.2) is 4.79 Å². The van der Waals surface area contributed by atoms with Gasteiger partial charge >= 0.3 is 17.9 Å². The Labute approximate surface area is 339 Å². The summed E-state index contributed by atoms with van der Waals surface area (Å²) in [5.74, 6) is -5.70. The Morgan fingerprint density at radius 2 is 1.62 bits per heavy atom. The Morgan fingerprint density at radius 3 is 2.19 bits per heavy atom. The number of ketones is 1. The van der Waals surface area contributed by atoms with Crippen LogP contribution in [-0.2, 0) is 38.1 Å². The second-order valence-corrected chi connectivity index (χ2v) is 17.7. The molecule has 2 aromatic carbocycles. The van der Waals surface area contributed by atoms with E-state index in [2.05, 4.69) is 5.32 Å². The average molecular weight is 800 g/mol. The number of fused-ring (bicyclic) bond motifs is 5. The zero-order valence-electron chi connectivity index (χ0n) is 33.9. The maximum absolute atomic E-state index is 15.5. The third-order valence-corrected chi connectivity index (χ3v) is 14.3. The topological polar surface area (TPSA) is 195 Å². The number of carbonyl (C=O) groups is 5. The third kappa shape index (κ3) is 6.60. The van der Waals surface area contributed by atoms with E-state index in [0.717, 1.165) is 12.7 Å². The first-order valence-electron chi connectivity index (χ1n) is 20.3. The number of benzene rings is 2. The van der Waals surface area contributed by atoms with Gasteiger partial charge in [0, 0.05) is 43.6 Å². The van der Waals surface area contributed by atoms with E-state index in [9.17, 15) is 34.5 Å². The number of hydrogen-bond donors (Lipinski definition) is 4. The number of ether oxygens (including phenoxy) is 4. The fourth-order valence-electron chi connectivity index (χ4n) is 11.4. The largest absolute Gasteiger partial charge is 0.456 e. The van der Waals surface area contributed by atoms with Crippen LogP contribution in [0.5, 0.6) is 0 Å². The number of Topliss-reactive ketones (excluding diaryl/α,β-unsaturated/α-hetero) is 1. The van der Waals surface area contributed by atoms with Crippen LogP contribution in [0, 0.1) is 22.7 Å². The summed E-state index contributed by atoms with van der Waals surface area (Å²) in [4.78, 5) is 69.1. The quantitative estimate of drug-likeness (QED) is 0.125. The highest BCUT2D eigenvalue weighted by molar-refractivity contribution is 6.38. The summed E-state index contributed by atoms with van der Waals surface area (Å²) in [6.07, 6.45) is -4.77. The molecule has 58 heavy (non-hydrogen) atoms. The number of aliphatic hydroxyl groups excluding tert-OH is 2. The van der Waals surface area contributed by atoms with Gasteiger partial charge in [0.25, 0.3) is 5.91 Å². The van der Waals surface area contributed by atoms with Crippen LogP contribution in [0.3, 0.4) is 0 Å². The lowest BCUT2D eigenvalue weighted by Gasteiger charge is -2.69. The monoisotopic (exact) mass is 799 g/mol. The first-order valence-corrected chi connectivity index (χ1v) is 20.3. The summed E-state index contributed by atoms with van der Waals surface area (Å²) in [7, 11) is 0.677. The normalized spacial score (nSPS) is 35.9. The van der Waals surface area contributed by atoms with E-state index in [1.807, 2.05) is 0 Å². The summed E-state index contributed by atoms with van der Waals surface area (Å²) in [6.45, 7) is 9.21. The van der Waals surface area contributed by atoms with E-state index in [1.165, 1.54) is 13.8 Å². The van der Waals surface area contributed by atoms with Gasteiger partial charge in [-0.15, -0.1) is 0 Å². The molecular formula is C44H54BNO12. The Morgan fingerprint density at radius 1 is 0.966 bits per heavy atom. The molecular weight excluding hydrogens is 745 g/mol. The van der Waals surface area contributed by atoms with Gasteiger partial charge in [0.2, 0.25) is 0 Å². The predicted molar refractivity (Wildman–Crippen MR) is 210 cm³/mol. The minimum atomic E-state index is -1.92. The van der Waals surface area contributed by atoms with Crippen LogP contribution in [0.2, 0.25) is 12.1 Å². The van der Waals surface area contributed by atoms with Crippen LogP contribution in [-0.4, -0.2) is 101 Å². The molecule has 12 atom stereocenters. The van der Waals surface area contributed by atoms with Crippen molar-refractivity contribution in [1.29, 1.82) is 0 Å². The molecule has 4 N–H and O–H groups in total. The van der Waals surface area contributed by atoms with Crippen molar-refractivity contribution in [2.75, 3.05) is 6.61 Å². The Balaban J connectivity index is 1.36. The van der Waals surface area contributed by atoms with Gasteiger partial charge in [0.1, 0.15) is 19.5 Å². The molecule has 2 heterocycles. The standard InChI is InChI=1S/C44H54BNO12/c1-23-29(57-40(53)35(50)34(26-14-9-7-10-15-26)46-39(52)27-16-11-8-12-17-27)21-44(54)33(28-18-13-19-45-28)37-42(6,30(49)20-31-43(37,22-55-31)58-25(3)48)38(51)36(56-24(2)47)32(23)41(44,4)5/h7-12,14-17,28-31,33-37,45,49-50,54H,13,18-22H2,1-6H3,(H,46,52)/t28?,29-,30-,31+,33-,34-,35+,36+,37-,42+,43-,44+/m0/s1. The summed E-state index contributed by atoms with van der Waals surface area (Å²) < 4.78 is 24.4. The van der Waals surface area contributed by atoms with Crippen molar-refractivity contribution < 1.29 is 58.2 Å². The lowest BCUT2D eigenvalue weighted by Crippen LogP contribution is -2.80.